The molecule has 1 fully saturated rings. The van der Waals surface area contributed by atoms with Gasteiger partial charge < -0.3 is 15.1 Å². The molecule has 4 nitrogen and oxygen atoms in total. The van der Waals surface area contributed by atoms with Crippen molar-refractivity contribution in [3.8, 4) is 0 Å². The van der Waals surface area contributed by atoms with Gasteiger partial charge in [-0.15, -0.1) is 11.3 Å². The zero-order chi connectivity index (χ0) is 24.9. The third-order valence-corrected chi connectivity index (χ3v) is 8.08. The first-order valence-corrected chi connectivity index (χ1v) is 13.3. The lowest BCUT2D eigenvalue weighted by Crippen LogP contribution is -3.15. The van der Waals surface area contributed by atoms with E-state index in [-0.39, 0.29) is 17.8 Å². The number of hydrogen-bond acceptors (Lipinski definition) is 3. The van der Waals surface area contributed by atoms with Crippen LogP contribution < -0.4 is 15.1 Å². The Labute approximate surface area is 216 Å². The number of amides is 1. The number of hydrogen-bond donors (Lipinski definition) is 2. The molecular formula is C30H31FN3OS+. The predicted octanol–water partition coefficient (Wildman–Crippen LogP) is 5.20. The standard InChI is InChI=1S/C30H30FN3OS/c1-2-26-21-27(30(36-26)32-29(35)23-9-5-3-6-10-23)28(22-13-15-24(31)16-14-22)34-19-17-33(18-20-34)25-11-7-4-8-12-25/h3-16,21,28H,2,17-20H2,1H3,(H,32,35)/p+1/t28-/m0/s1. The molecule has 2 heterocycles. The molecule has 0 aliphatic carbocycles. The fourth-order valence-electron chi connectivity index (χ4n) is 4.98. The van der Waals surface area contributed by atoms with Crippen LogP contribution in [0.15, 0.2) is 91.0 Å². The molecule has 0 unspecified atom stereocenters. The number of piperazine rings is 1. The second kappa shape index (κ2) is 11.1. The Morgan fingerprint density at radius 3 is 2.25 bits per heavy atom. The van der Waals surface area contributed by atoms with E-state index in [1.807, 2.05) is 48.5 Å². The molecule has 0 saturated carbocycles. The predicted molar refractivity (Wildman–Crippen MR) is 146 cm³/mol. The molecule has 2 N–H and O–H groups in total. The summed E-state index contributed by atoms with van der Waals surface area (Å²) < 4.78 is 13.9. The highest BCUT2D eigenvalue weighted by Gasteiger charge is 2.33. The van der Waals surface area contributed by atoms with Gasteiger partial charge in [0.25, 0.3) is 5.91 Å². The number of nitrogens with zero attached hydrogens (tertiary/aromatic N) is 1. The van der Waals surface area contributed by atoms with Gasteiger partial charge in [0.1, 0.15) is 16.9 Å². The molecule has 1 aliphatic heterocycles. The fraction of sp³-hybridized carbons (Fsp3) is 0.233. The van der Waals surface area contributed by atoms with E-state index in [1.165, 1.54) is 27.6 Å². The Kier molecular flexibility index (Phi) is 7.44. The van der Waals surface area contributed by atoms with E-state index in [1.54, 1.807) is 11.3 Å². The number of anilines is 2. The van der Waals surface area contributed by atoms with E-state index in [4.69, 9.17) is 0 Å². The monoisotopic (exact) mass is 500 g/mol. The summed E-state index contributed by atoms with van der Waals surface area (Å²) in [5.41, 5.74) is 4.05. The highest BCUT2D eigenvalue weighted by molar-refractivity contribution is 7.16. The second-order valence-electron chi connectivity index (χ2n) is 9.14. The number of aryl methyl sites for hydroxylation is 1. The van der Waals surface area contributed by atoms with Gasteiger partial charge >= 0.3 is 0 Å². The number of carbonyl (C=O) groups is 1. The minimum absolute atomic E-state index is 0.00569. The van der Waals surface area contributed by atoms with E-state index < -0.39 is 0 Å². The van der Waals surface area contributed by atoms with Crippen molar-refractivity contribution < 1.29 is 14.1 Å². The first kappa shape index (κ1) is 24.2. The van der Waals surface area contributed by atoms with Crippen LogP contribution in [0.25, 0.3) is 0 Å². The van der Waals surface area contributed by atoms with Gasteiger partial charge in [-0.1, -0.05) is 43.3 Å². The summed E-state index contributed by atoms with van der Waals surface area (Å²) in [5.74, 6) is -0.346. The minimum atomic E-state index is -0.237. The first-order valence-electron chi connectivity index (χ1n) is 12.5. The number of carbonyl (C=O) groups excluding carboxylic acids is 1. The summed E-state index contributed by atoms with van der Waals surface area (Å²) in [6.45, 7) is 5.90. The van der Waals surface area contributed by atoms with Gasteiger partial charge in [-0.05, 0) is 61.0 Å². The number of benzene rings is 3. The summed E-state index contributed by atoms with van der Waals surface area (Å²) in [6.07, 6.45) is 0.895. The maximum atomic E-state index is 13.9. The van der Waals surface area contributed by atoms with Crippen molar-refractivity contribution in [1.82, 2.24) is 0 Å². The van der Waals surface area contributed by atoms with Crippen LogP contribution in [0.3, 0.4) is 0 Å². The molecule has 1 amide bonds. The lowest BCUT2D eigenvalue weighted by molar-refractivity contribution is -0.926. The minimum Gasteiger partial charge on any atom is -0.360 e. The number of quaternary nitrogens is 1. The molecule has 36 heavy (non-hydrogen) atoms. The van der Waals surface area contributed by atoms with Crippen molar-refractivity contribution in [2.45, 2.75) is 19.4 Å². The van der Waals surface area contributed by atoms with E-state index in [9.17, 15) is 9.18 Å². The van der Waals surface area contributed by atoms with E-state index in [0.29, 0.717) is 5.56 Å². The number of para-hydroxylation sites is 1. The first-order chi connectivity index (χ1) is 17.6. The van der Waals surface area contributed by atoms with Gasteiger partial charge in [-0.2, -0.15) is 0 Å². The third kappa shape index (κ3) is 5.35. The van der Waals surface area contributed by atoms with E-state index in [0.717, 1.165) is 48.7 Å². The van der Waals surface area contributed by atoms with Crippen LogP contribution in [0.2, 0.25) is 0 Å². The molecular weight excluding hydrogens is 469 g/mol. The maximum absolute atomic E-state index is 13.9. The molecule has 1 atom stereocenters. The molecule has 0 radical (unpaired) electrons. The normalized spacial score (nSPS) is 15.0. The Balaban J connectivity index is 1.47. The maximum Gasteiger partial charge on any atom is 0.256 e. The summed E-state index contributed by atoms with van der Waals surface area (Å²) in [4.78, 5) is 18.1. The van der Waals surface area contributed by atoms with Crippen molar-refractivity contribution >= 4 is 27.9 Å². The van der Waals surface area contributed by atoms with Crippen LogP contribution in [-0.2, 0) is 6.42 Å². The summed E-state index contributed by atoms with van der Waals surface area (Å²) >= 11 is 1.64. The lowest BCUT2D eigenvalue weighted by atomic mass is 9.97. The molecule has 5 rings (SSSR count). The van der Waals surface area contributed by atoms with Crippen molar-refractivity contribution in [3.05, 3.63) is 118 Å². The third-order valence-electron chi connectivity index (χ3n) is 6.87. The average molecular weight is 501 g/mol. The Morgan fingerprint density at radius 1 is 0.972 bits per heavy atom. The molecule has 1 aliphatic rings. The Morgan fingerprint density at radius 2 is 1.61 bits per heavy atom. The van der Waals surface area contributed by atoms with Crippen LogP contribution >= 0.6 is 11.3 Å². The van der Waals surface area contributed by atoms with E-state index >= 15 is 0 Å². The van der Waals surface area contributed by atoms with Crippen LogP contribution in [0, 0.1) is 5.82 Å². The van der Waals surface area contributed by atoms with Crippen molar-refractivity contribution in [2.75, 3.05) is 36.4 Å². The van der Waals surface area contributed by atoms with Gasteiger partial charge in [-0.25, -0.2) is 4.39 Å². The molecule has 6 heteroatoms. The van der Waals surface area contributed by atoms with Crippen LogP contribution in [0.5, 0.6) is 0 Å². The number of halogens is 1. The van der Waals surface area contributed by atoms with Crippen LogP contribution in [0.1, 0.15) is 39.3 Å². The molecule has 1 saturated heterocycles. The van der Waals surface area contributed by atoms with Crippen LogP contribution in [0.4, 0.5) is 15.1 Å². The number of rotatable bonds is 7. The summed E-state index contributed by atoms with van der Waals surface area (Å²) in [7, 11) is 0. The quantitative estimate of drug-likeness (QED) is 0.366. The van der Waals surface area contributed by atoms with Gasteiger partial charge in [0, 0.05) is 27.3 Å². The van der Waals surface area contributed by atoms with Gasteiger partial charge in [0.15, 0.2) is 0 Å². The lowest BCUT2D eigenvalue weighted by Gasteiger charge is -2.38. The van der Waals surface area contributed by atoms with Crippen molar-refractivity contribution in [1.29, 1.82) is 0 Å². The second-order valence-corrected chi connectivity index (χ2v) is 10.3. The summed E-state index contributed by atoms with van der Waals surface area (Å²) in [5, 5.41) is 4.08. The van der Waals surface area contributed by atoms with Gasteiger partial charge in [-0.3, -0.25) is 4.79 Å². The average Bonchev–Trinajstić information content (AvgIpc) is 3.33. The molecule has 3 aromatic carbocycles. The topological polar surface area (TPSA) is 36.8 Å². The molecule has 4 aromatic rings. The smallest absolute Gasteiger partial charge is 0.256 e. The number of thiophene rings is 1. The van der Waals surface area contributed by atoms with E-state index in [2.05, 4.69) is 47.5 Å². The Bertz CT molecular complexity index is 1280. The van der Waals surface area contributed by atoms with Crippen molar-refractivity contribution in [2.24, 2.45) is 0 Å². The largest absolute Gasteiger partial charge is 0.360 e. The Hall–Kier alpha value is -3.48. The summed E-state index contributed by atoms with van der Waals surface area (Å²) in [6, 6.07) is 28.9. The van der Waals surface area contributed by atoms with Gasteiger partial charge in [0.2, 0.25) is 0 Å². The molecule has 1 aromatic heterocycles. The highest BCUT2D eigenvalue weighted by Crippen LogP contribution is 2.35. The SMILES string of the molecule is CCc1cc([C@H](c2ccc(F)cc2)[NH+]2CCN(c3ccccc3)CC2)c(NC(=O)c2ccccc2)s1. The molecule has 184 valence electrons. The highest BCUT2D eigenvalue weighted by atomic mass is 32.1. The van der Waals surface area contributed by atoms with Crippen LogP contribution in [-0.4, -0.2) is 32.1 Å². The zero-order valence-electron chi connectivity index (χ0n) is 20.4. The van der Waals surface area contributed by atoms with Crippen molar-refractivity contribution in [3.63, 3.8) is 0 Å². The number of nitrogens with one attached hydrogen (secondary N) is 2. The molecule has 0 bridgehead atoms. The zero-order valence-corrected chi connectivity index (χ0v) is 21.2. The van der Waals surface area contributed by atoms with Gasteiger partial charge in [0.05, 0.1) is 26.2 Å². The fourth-order valence-corrected chi connectivity index (χ4v) is 6.01. The molecule has 0 spiro atoms.